The molecular weight excluding hydrogens is 877 g/mol. The van der Waals surface area contributed by atoms with Gasteiger partial charge in [-0.15, -0.1) is 0 Å². The predicted molar refractivity (Wildman–Crippen MR) is 282 cm³/mol. The fourth-order valence-electron chi connectivity index (χ4n) is 13.9. The number of nitrogens with zero attached hydrogens (tertiary/aromatic N) is 4. The van der Waals surface area contributed by atoms with Crippen molar-refractivity contribution in [2.24, 2.45) is 0 Å². The molecule has 8 nitrogen and oxygen atoms in total. The zero-order valence-corrected chi connectivity index (χ0v) is 43.3. The topological polar surface area (TPSA) is 49.0 Å². The maximum Gasteiger partial charge on any atom is 0.704 e. The lowest BCUT2D eigenvalue weighted by atomic mass is 9.79. The number of hydrogen-bond acceptors (Lipinski definition) is 4. The van der Waals surface area contributed by atoms with Crippen LogP contribution in [0.2, 0.25) is 0 Å². The fourth-order valence-corrected chi connectivity index (χ4v) is 13.9. The molecule has 71 heavy (non-hydrogen) atoms. The van der Waals surface area contributed by atoms with E-state index in [1.165, 1.54) is 47.9 Å². The molecule has 2 spiro atoms. The van der Waals surface area contributed by atoms with Crippen LogP contribution in [0.15, 0.2) is 84.9 Å². The second-order valence-electron chi connectivity index (χ2n) is 25.2. The maximum absolute atomic E-state index is 8.02. The highest BCUT2D eigenvalue weighted by Gasteiger charge is 2.78. The summed E-state index contributed by atoms with van der Waals surface area (Å²) in [6, 6.07) is 30.1. The monoisotopic (exact) mass is 945 g/mol. The molecule has 6 heterocycles. The van der Waals surface area contributed by atoms with Crippen LogP contribution in [0, 0.1) is 6.92 Å². The molecule has 360 valence electrons. The van der Waals surface area contributed by atoms with Crippen LogP contribution in [0.4, 0.5) is 0 Å². The number of benzene rings is 6. The van der Waals surface area contributed by atoms with Crippen LogP contribution in [-0.2, 0) is 16.2 Å². The summed E-state index contributed by atoms with van der Waals surface area (Å²) in [6.45, 7) is 22.9. The minimum absolute atomic E-state index is 0.0360. The third-order valence-corrected chi connectivity index (χ3v) is 17.3. The van der Waals surface area contributed by atoms with Crippen LogP contribution < -0.4 is 18.9 Å². The van der Waals surface area contributed by atoms with Crippen LogP contribution >= 0.6 is 0 Å². The SMILES string of the molecule is Cc1cc2c(c(C(C)(C)C)c1)OC13Oc4c(cc5ccccc5c4-c4c5c(cc6ccccc46)C=[N+]4C6CCCCC6[N+]6=Cc7cc(C(C)(C)C)cc(C(C)(C)C)c7OC64O5)C=[N+]1C1CCCCC1[N+]3=C2. The van der Waals surface area contributed by atoms with E-state index in [1.807, 2.05) is 0 Å². The van der Waals surface area contributed by atoms with E-state index in [0.717, 1.165) is 104 Å². The average Bonchev–Trinajstić information content (AvgIpc) is 3.76. The van der Waals surface area contributed by atoms with Gasteiger partial charge in [-0.25, -0.2) is 0 Å². The third kappa shape index (κ3) is 6.09. The Bertz CT molecular complexity index is 3500. The zero-order valence-electron chi connectivity index (χ0n) is 43.3. The Balaban J connectivity index is 1.03. The first-order chi connectivity index (χ1) is 33.9. The number of aryl methyl sites for hydroxylation is 1. The highest BCUT2D eigenvalue weighted by Crippen LogP contribution is 2.56. The van der Waals surface area contributed by atoms with Gasteiger partial charge in [0.15, 0.2) is 47.9 Å². The van der Waals surface area contributed by atoms with Crippen molar-refractivity contribution in [1.29, 1.82) is 0 Å². The molecule has 6 aromatic carbocycles. The van der Waals surface area contributed by atoms with Gasteiger partial charge in [-0.1, -0.05) is 141 Å². The Labute approximate surface area is 418 Å². The van der Waals surface area contributed by atoms with E-state index < -0.39 is 12.1 Å². The van der Waals surface area contributed by atoms with Crippen LogP contribution in [0.3, 0.4) is 0 Å². The molecule has 14 rings (SSSR count). The van der Waals surface area contributed by atoms with Crippen molar-refractivity contribution in [1.82, 2.24) is 0 Å². The largest absolute Gasteiger partial charge is 0.704 e. The van der Waals surface area contributed by atoms with Gasteiger partial charge in [-0.05, 0) is 106 Å². The molecule has 6 aliphatic heterocycles. The van der Waals surface area contributed by atoms with Gasteiger partial charge >= 0.3 is 12.1 Å². The van der Waals surface area contributed by atoms with E-state index in [-0.39, 0.29) is 40.4 Å². The van der Waals surface area contributed by atoms with Crippen molar-refractivity contribution in [2.75, 3.05) is 0 Å². The van der Waals surface area contributed by atoms with Crippen molar-refractivity contribution >= 4 is 46.4 Å². The van der Waals surface area contributed by atoms with Crippen LogP contribution in [0.1, 0.15) is 158 Å². The minimum atomic E-state index is -1.25. The third-order valence-electron chi connectivity index (χ3n) is 17.3. The summed E-state index contributed by atoms with van der Waals surface area (Å²) >= 11 is 0. The predicted octanol–water partition coefficient (Wildman–Crippen LogP) is 12.4. The van der Waals surface area contributed by atoms with E-state index in [4.69, 9.17) is 18.9 Å². The summed E-state index contributed by atoms with van der Waals surface area (Å²) in [6.07, 6.45) is 18.5. The van der Waals surface area contributed by atoms with E-state index in [0.29, 0.717) is 0 Å². The average molecular weight is 945 g/mol. The Hall–Kier alpha value is -6.28. The zero-order chi connectivity index (χ0) is 48.7. The standard InChI is InChI=1S/C63H68N4O4/c1-37-27-40-33-64-49-23-15-16-24-50(49)65-34-41-29-38-19-11-13-21-45(38)53(57(41)70-62(64,65)68-55(40)47(28-37)60(5,6)7)54-46-22-14-12-20-39(46)30-42-35-66-51-25-17-18-26-52(51)67-36-43-31-44(59(2,3)4)32-48(61(8,9)10)56(43)69-63(66,67)71-58(42)54/h11-14,19-22,27-36,49-52H,15-18,23-26H2,1-10H3/q+4. The lowest BCUT2D eigenvalue weighted by Crippen LogP contribution is -2.60. The van der Waals surface area contributed by atoms with Crippen LogP contribution in [-0.4, -0.2) is 79.4 Å². The van der Waals surface area contributed by atoms with Crippen LogP contribution in [0.5, 0.6) is 23.0 Å². The summed E-state index contributed by atoms with van der Waals surface area (Å²) in [5, 5.41) is 4.50. The molecule has 4 fully saturated rings. The Morgan fingerprint density at radius 3 is 1.20 bits per heavy atom. The normalized spacial score (nSPS) is 26.6. The Morgan fingerprint density at radius 2 is 0.789 bits per heavy atom. The second-order valence-corrected chi connectivity index (χ2v) is 25.2. The van der Waals surface area contributed by atoms with Crippen molar-refractivity contribution in [3.8, 4) is 34.1 Å². The lowest BCUT2D eigenvalue weighted by molar-refractivity contribution is -0.866. The Kier molecular flexibility index (Phi) is 8.85. The van der Waals surface area contributed by atoms with Gasteiger partial charge in [-0.3, -0.25) is 0 Å². The first-order valence-corrected chi connectivity index (χ1v) is 26.7. The second kappa shape index (κ2) is 14.4. The molecule has 0 N–H and O–H groups in total. The van der Waals surface area contributed by atoms with Gasteiger partial charge in [0.25, 0.3) is 0 Å². The van der Waals surface area contributed by atoms with Gasteiger partial charge in [-0.2, -0.15) is 0 Å². The molecule has 6 unspecified atom stereocenters. The molecule has 0 bridgehead atoms. The number of ether oxygens (including phenoxy) is 4. The molecule has 2 saturated heterocycles. The number of hydrogen-bond donors (Lipinski definition) is 0. The van der Waals surface area contributed by atoms with Gasteiger partial charge < -0.3 is 18.9 Å². The van der Waals surface area contributed by atoms with Gasteiger partial charge in [0.2, 0.25) is 24.2 Å². The van der Waals surface area contributed by atoms with Crippen LogP contribution in [0.25, 0.3) is 32.7 Å². The summed E-state index contributed by atoms with van der Waals surface area (Å²) in [4.78, 5) is 0. The quantitative estimate of drug-likeness (QED) is 0.154. The Morgan fingerprint density at radius 1 is 0.423 bits per heavy atom. The molecule has 6 aromatic rings. The molecule has 0 radical (unpaired) electrons. The first-order valence-electron chi connectivity index (χ1n) is 26.7. The number of fused-ring (bicyclic) bond motifs is 12. The molecule has 8 aliphatic rings. The van der Waals surface area contributed by atoms with Crippen molar-refractivity contribution < 1.29 is 37.2 Å². The molecule has 0 aromatic heterocycles. The summed E-state index contributed by atoms with van der Waals surface area (Å²) in [7, 11) is 0. The molecule has 0 amide bonds. The number of rotatable bonds is 1. The summed E-state index contributed by atoms with van der Waals surface area (Å²) < 4.78 is 41.3. The highest BCUT2D eigenvalue weighted by molar-refractivity contribution is 6.14. The minimum Gasteiger partial charge on any atom is -0.340 e. The first kappa shape index (κ1) is 43.5. The van der Waals surface area contributed by atoms with E-state index in [2.05, 4.69) is 197 Å². The summed E-state index contributed by atoms with van der Waals surface area (Å²) in [5.74, 6) is 3.41. The van der Waals surface area contributed by atoms with E-state index in [9.17, 15) is 0 Å². The van der Waals surface area contributed by atoms with Gasteiger partial charge in [0.05, 0.1) is 22.3 Å². The molecule has 6 atom stereocenters. The molecule has 2 saturated carbocycles. The van der Waals surface area contributed by atoms with E-state index >= 15 is 0 Å². The maximum atomic E-state index is 8.02. The van der Waals surface area contributed by atoms with E-state index in [1.54, 1.807) is 0 Å². The van der Waals surface area contributed by atoms with Gasteiger partial charge in [0, 0.05) is 47.9 Å². The molecule has 2 aliphatic carbocycles. The van der Waals surface area contributed by atoms with Crippen molar-refractivity contribution in [3.63, 3.8) is 0 Å². The lowest BCUT2D eigenvalue weighted by Gasteiger charge is -2.34. The summed E-state index contributed by atoms with van der Waals surface area (Å²) in [5.41, 5.74) is 10.9. The van der Waals surface area contributed by atoms with Crippen molar-refractivity contribution in [3.05, 3.63) is 129 Å². The molecular formula is C63H68N4O4+4. The fraction of sp³-hybridized carbons (Fsp3) is 0.429. The van der Waals surface area contributed by atoms with Crippen molar-refractivity contribution in [2.45, 2.75) is 173 Å². The smallest absolute Gasteiger partial charge is 0.340 e. The van der Waals surface area contributed by atoms with Gasteiger partial charge in [0.1, 0.15) is 0 Å². The highest BCUT2D eigenvalue weighted by atomic mass is 16.8. The molecule has 8 heteroatoms.